The van der Waals surface area contributed by atoms with Crippen molar-refractivity contribution in [3.05, 3.63) is 77.2 Å². The van der Waals surface area contributed by atoms with Gasteiger partial charge in [-0.25, -0.2) is 4.39 Å². The van der Waals surface area contributed by atoms with Gasteiger partial charge >= 0.3 is 0 Å². The highest BCUT2D eigenvalue weighted by Crippen LogP contribution is 2.22. The fourth-order valence-corrected chi connectivity index (χ4v) is 2.64. The van der Waals surface area contributed by atoms with Gasteiger partial charge in [-0.2, -0.15) is 0 Å². The van der Waals surface area contributed by atoms with E-state index in [9.17, 15) is 9.18 Å². The zero-order valence-corrected chi connectivity index (χ0v) is 14.1. The van der Waals surface area contributed by atoms with Gasteiger partial charge in [0.1, 0.15) is 11.6 Å². The summed E-state index contributed by atoms with van der Waals surface area (Å²) in [6.07, 6.45) is 0. The number of H-pyrrole nitrogens is 1. The molecule has 0 unspecified atom stereocenters. The van der Waals surface area contributed by atoms with Crippen molar-refractivity contribution in [2.75, 3.05) is 7.11 Å². The number of carbonyl (C=O) groups excluding carboxylic acids is 1. The van der Waals surface area contributed by atoms with Crippen molar-refractivity contribution in [1.82, 2.24) is 10.3 Å². The number of benzene rings is 2. The summed E-state index contributed by atoms with van der Waals surface area (Å²) in [4.78, 5) is 15.6. The van der Waals surface area contributed by atoms with E-state index in [0.717, 1.165) is 28.3 Å². The van der Waals surface area contributed by atoms with Gasteiger partial charge in [0.15, 0.2) is 0 Å². The van der Waals surface area contributed by atoms with Crippen LogP contribution in [0.2, 0.25) is 0 Å². The number of aryl methyl sites for hydroxylation is 1. The molecule has 0 bridgehead atoms. The normalized spacial score (nSPS) is 10.5. The second-order valence-electron chi connectivity index (χ2n) is 5.76. The summed E-state index contributed by atoms with van der Waals surface area (Å²) in [7, 11) is 1.61. The summed E-state index contributed by atoms with van der Waals surface area (Å²) in [6.45, 7) is 2.25. The number of halogens is 1. The first-order valence-electron chi connectivity index (χ1n) is 7.93. The molecular formula is C20H19FN2O2. The molecule has 5 heteroatoms. The summed E-state index contributed by atoms with van der Waals surface area (Å²) in [6, 6.07) is 15.5. The van der Waals surface area contributed by atoms with E-state index >= 15 is 0 Å². The van der Waals surface area contributed by atoms with Gasteiger partial charge < -0.3 is 15.0 Å². The first kappa shape index (κ1) is 16.8. The molecule has 1 aromatic heterocycles. The smallest absolute Gasteiger partial charge is 0.253 e. The standard InChI is InChI=1S/C20H19FN2O2/c1-13-18(11-19(23-13)15-6-8-16(21)9-7-15)20(24)22-12-14-4-3-5-17(10-14)25-2/h3-11,23H,12H2,1-2H3,(H,22,24). The van der Waals surface area contributed by atoms with Crippen LogP contribution >= 0.6 is 0 Å². The van der Waals surface area contributed by atoms with Gasteiger partial charge in [0.05, 0.1) is 12.7 Å². The SMILES string of the molecule is COc1cccc(CNC(=O)c2cc(-c3ccc(F)cc3)[nH]c2C)c1. The molecule has 3 aromatic rings. The maximum Gasteiger partial charge on any atom is 0.253 e. The summed E-state index contributed by atoms with van der Waals surface area (Å²) < 4.78 is 18.2. The van der Waals surface area contributed by atoms with Crippen molar-refractivity contribution in [3.8, 4) is 17.0 Å². The lowest BCUT2D eigenvalue weighted by molar-refractivity contribution is 0.0950. The number of aromatic nitrogens is 1. The molecular weight excluding hydrogens is 319 g/mol. The van der Waals surface area contributed by atoms with Crippen LogP contribution in [0.1, 0.15) is 21.6 Å². The Morgan fingerprint density at radius 3 is 2.64 bits per heavy atom. The predicted molar refractivity (Wildman–Crippen MR) is 95.1 cm³/mol. The first-order chi connectivity index (χ1) is 12.1. The van der Waals surface area contributed by atoms with Gasteiger partial charge in [-0.15, -0.1) is 0 Å². The van der Waals surface area contributed by atoms with Crippen LogP contribution in [0.5, 0.6) is 5.75 Å². The Balaban J connectivity index is 1.73. The lowest BCUT2D eigenvalue weighted by Crippen LogP contribution is -2.23. The third-order valence-corrected chi connectivity index (χ3v) is 4.00. The lowest BCUT2D eigenvalue weighted by atomic mass is 10.1. The Labute approximate surface area is 145 Å². The number of hydrogen-bond acceptors (Lipinski definition) is 2. The molecule has 0 fully saturated rings. The van der Waals surface area contributed by atoms with Gasteiger partial charge in [0, 0.05) is 17.9 Å². The van der Waals surface area contributed by atoms with E-state index in [2.05, 4.69) is 10.3 Å². The Kier molecular flexibility index (Phi) is 4.84. The topological polar surface area (TPSA) is 54.1 Å². The molecule has 2 aromatic carbocycles. The molecule has 0 saturated carbocycles. The molecule has 3 rings (SSSR count). The Bertz CT molecular complexity index is 885. The first-order valence-corrected chi connectivity index (χ1v) is 7.93. The molecule has 1 heterocycles. The van der Waals surface area contributed by atoms with Crippen LogP contribution in [-0.4, -0.2) is 18.0 Å². The van der Waals surface area contributed by atoms with Gasteiger partial charge in [-0.05, 0) is 60.5 Å². The average molecular weight is 338 g/mol. The van der Waals surface area contributed by atoms with Crippen LogP contribution in [0, 0.1) is 12.7 Å². The fraction of sp³-hybridized carbons (Fsp3) is 0.150. The monoisotopic (exact) mass is 338 g/mol. The second kappa shape index (κ2) is 7.21. The van der Waals surface area contributed by atoms with Gasteiger partial charge in [0.2, 0.25) is 0 Å². The van der Waals surface area contributed by atoms with Crippen LogP contribution in [0.4, 0.5) is 4.39 Å². The molecule has 0 atom stereocenters. The summed E-state index contributed by atoms with van der Waals surface area (Å²) in [5.41, 5.74) is 3.91. The van der Waals surface area contributed by atoms with Crippen LogP contribution < -0.4 is 10.1 Å². The molecule has 0 aliphatic heterocycles. The summed E-state index contributed by atoms with van der Waals surface area (Å²) in [5.74, 6) is 0.302. The van der Waals surface area contributed by atoms with Crippen molar-refractivity contribution in [2.24, 2.45) is 0 Å². The van der Waals surface area contributed by atoms with Crippen molar-refractivity contribution in [2.45, 2.75) is 13.5 Å². The van der Waals surface area contributed by atoms with E-state index in [1.54, 1.807) is 25.3 Å². The van der Waals surface area contributed by atoms with E-state index in [0.29, 0.717) is 12.1 Å². The maximum atomic E-state index is 13.0. The molecule has 0 spiro atoms. The van der Waals surface area contributed by atoms with E-state index in [1.165, 1.54) is 12.1 Å². The molecule has 0 saturated heterocycles. The number of rotatable bonds is 5. The molecule has 0 aliphatic rings. The largest absolute Gasteiger partial charge is 0.497 e. The zero-order chi connectivity index (χ0) is 17.8. The highest BCUT2D eigenvalue weighted by molar-refractivity contribution is 5.96. The zero-order valence-electron chi connectivity index (χ0n) is 14.1. The minimum absolute atomic E-state index is 0.162. The molecule has 0 radical (unpaired) electrons. The highest BCUT2D eigenvalue weighted by atomic mass is 19.1. The molecule has 4 nitrogen and oxygen atoms in total. The molecule has 25 heavy (non-hydrogen) atoms. The molecule has 1 amide bonds. The van der Waals surface area contributed by atoms with Gasteiger partial charge in [0.25, 0.3) is 5.91 Å². The van der Waals surface area contributed by atoms with Gasteiger partial charge in [-0.3, -0.25) is 4.79 Å². The lowest BCUT2D eigenvalue weighted by Gasteiger charge is -2.06. The molecule has 0 aliphatic carbocycles. The summed E-state index contributed by atoms with van der Waals surface area (Å²) >= 11 is 0. The van der Waals surface area contributed by atoms with Crippen molar-refractivity contribution >= 4 is 5.91 Å². The van der Waals surface area contributed by atoms with E-state index in [-0.39, 0.29) is 11.7 Å². The number of nitrogens with one attached hydrogen (secondary N) is 2. The number of methoxy groups -OCH3 is 1. The van der Waals surface area contributed by atoms with Crippen LogP contribution in [0.15, 0.2) is 54.6 Å². The highest BCUT2D eigenvalue weighted by Gasteiger charge is 2.13. The Morgan fingerprint density at radius 1 is 1.16 bits per heavy atom. The van der Waals surface area contributed by atoms with E-state index < -0.39 is 0 Å². The summed E-state index contributed by atoms with van der Waals surface area (Å²) in [5, 5.41) is 2.91. The molecule has 128 valence electrons. The average Bonchev–Trinajstić information content (AvgIpc) is 3.02. The predicted octanol–water partition coefficient (Wildman–Crippen LogP) is 4.07. The Morgan fingerprint density at radius 2 is 1.92 bits per heavy atom. The van der Waals surface area contributed by atoms with E-state index in [1.807, 2.05) is 31.2 Å². The van der Waals surface area contributed by atoms with Crippen molar-refractivity contribution in [3.63, 3.8) is 0 Å². The van der Waals surface area contributed by atoms with Crippen LogP contribution in [0.25, 0.3) is 11.3 Å². The minimum atomic E-state index is -0.289. The third-order valence-electron chi connectivity index (χ3n) is 4.00. The number of amides is 1. The second-order valence-corrected chi connectivity index (χ2v) is 5.76. The third kappa shape index (κ3) is 3.88. The Hall–Kier alpha value is -3.08. The van der Waals surface area contributed by atoms with E-state index in [4.69, 9.17) is 4.74 Å². The van der Waals surface area contributed by atoms with Gasteiger partial charge in [-0.1, -0.05) is 12.1 Å². The number of hydrogen-bond donors (Lipinski definition) is 2. The van der Waals surface area contributed by atoms with Crippen molar-refractivity contribution in [1.29, 1.82) is 0 Å². The minimum Gasteiger partial charge on any atom is -0.497 e. The quantitative estimate of drug-likeness (QED) is 0.737. The number of aromatic amines is 1. The maximum absolute atomic E-state index is 13.0. The van der Waals surface area contributed by atoms with Crippen LogP contribution in [-0.2, 0) is 6.54 Å². The van der Waals surface area contributed by atoms with Crippen LogP contribution in [0.3, 0.4) is 0 Å². The number of carbonyl (C=O) groups is 1. The van der Waals surface area contributed by atoms with Crippen molar-refractivity contribution < 1.29 is 13.9 Å². The fourth-order valence-electron chi connectivity index (χ4n) is 2.64. The molecule has 2 N–H and O–H groups in total. The number of ether oxygens (including phenoxy) is 1.